The van der Waals surface area contributed by atoms with E-state index < -0.39 is 0 Å². The largest absolute Gasteiger partial charge is 0.496 e. The molecule has 2 rings (SSSR count). The molecule has 1 atom stereocenters. The molecule has 0 bridgehead atoms. The molecule has 2 N–H and O–H groups in total. The quantitative estimate of drug-likeness (QED) is 0.852. The van der Waals surface area contributed by atoms with E-state index in [4.69, 9.17) is 33.7 Å². The lowest BCUT2D eigenvalue weighted by Crippen LogP contribution is -2.13. The molecule has 100 valence electrons. The van der Waals surface area contributed by atoms with Crippen molar-refractivity contribution in [2.24, 2.45) is 5.73 Å². The van der Waals surface area contributed by atoms with Crippen LogP contribution in [-0.4, -0.2) is 7.11 Å². The van der Waals surface area contributed by atoms with Gasteiger partial charge in [-0.25, -0.2) is 0 Å². The molecule has 2 aromatic carbocycles. The molecule has 0 amide bonds. The lowest BCUT2D eigenvalue weighted by molar-refractivity contribution is 0.408. The van der Waals surface area contributed by atoms with Crippen molar-refractivity contribution in [3.63, 3.8) is 0 Å². The van der Waals surface area contributed by atoms with Gasteiger partial charge in [-0.2, -0.15) is 0 Å². The van der Waals surface area contributed by atoms with Gasteiger partial charge in [0.25, 0.3) is 0 Å². The zero-order valence-electron chi connectivity index (χ0n) is 10.2. The van der Waals surface area contributed by atoms with Gasteiger partial charge in [-0.05, 0) is 42.0 Å². The molecule has 0 saturated carbocycles. The second-order valence-electron chi connectivity index (χ2n) is 4.07. The van der Waals surface area contributed by atoms with Gasteiger partial charge in [0, 0.05) is 20.1 Å². The van der Waals surface area contributed by atoms with Crippen molar-refractivity contribution in [1.82, 2.24) is 0 Å². The van der Waals surface area contributed by atoms with E-state index in [1.165, 1.54) is 0 Å². The molecule has 0 fully saturated rings. The zero-order valence-corrected chi connectivity index (χ0v) is 13.3. The van der Waals surface area contributed by atoms with Gasteiger partial charge in [-0.1, -0.05) is 39.1 Å². The molecule has 0 radical (unpaired) electrons. The molecular formula is C14H12BrCl2NO. The molecule has 0 aliphatic rings. The number of hydrogen-bond acceptors (Lipinski definition) is 2. The van der Waals surface area contributed by atoms with Gasteiger partial charge in [-0.3, -0.25) is 0 Å². The summed E-state index contributed by atoms with van der Waals surface area (Å²) in [5, 5.41) is 1.24. The first-order valence-electron chi connectivity index (χ1n) is 5.56. The molecular weight excluding hydrogens is 349 g/mol. The number of halogens is 3. The predicted molar refractivity (Wildman–Crippen MR) is 83.2 cm³/mol. The van der Waals surface area contributed by atoms with E-state index in [9.17, 15) is 0 Å². The summed E-state index contributed by atoms with van der Waals surface area (Å²) in [5.41, 5.74) is 7.99. The fourth-order valence-electron chi connectivity index (χ4n) is 1.88. The molecule has 0 spiro atoms. The maximum absolute atomic E-state index is 6.28. The Kier molecular flexibility index (Phi) is 4.74. The van der Waals surface area contributed by atoms with Gasteiger partial charge in [0.15, 0.2) is 0 Å². The second kappa shape index (κ2) is 6.14. The highest BCUT2D eigenvalue weighted by Gasteiger charge is 2.15. The van der Waals surface area contributed by atoms with Crippen molar-refractivity contribution >= 4 is 39.1 Å². The van der Waals surface area contributed by atoms with Crippen LogP contribution in [0.3, 0.4) is 0 Å². The van der Waals surface area contributed by atoms with Crippen molar-refractivity contribution in [3.05, 3.63) is 62.0 Å². The second-order valence-corrected chi connectivity index (χ2v) is 5.86. The number of ether oxygens (including phenoxy) is 1. The number of methoxy groups -OCH3 is 1. The minimum atomic E-state index is -0.358. The number of hydrogen-bond donors (Lipinski definition) is 1. The van der Waals surface area contributed by atoms with Gasteiger partial charge < -0.3 is 10.5 Å². The first-order valence-corrected chi connectivity index (χ1v) is 7.11. The smallest absolute Gasteiger partial charge is 0.124 e. The summed E-state index contributed by atoms with van der Waals surface area (Å²) in [6.45, 7) is 0. The molecule has 2 nitrogen and oxygen atoms in total. The van der Waals surface area contributed by atoms with Crippen LogP contribution in [0.5, 0.6) is 5.75 Å². The molecule has 1 unspecified atom stereocenters. The summed E-state index contributed by atoms with van der Waals surface area (Å²) in [7, 11) is 1.60. The third-order valence-electron chi connectivity index (χ3n) is 2.77. The third kappa shape index (κ3) is 3.42. The highest BCUT2D eigenvalue weighted by atomic mass is 79.9. The fraction of sp³-hybridized carbons (Fsp3) is 0.143. The van der Waals surface area contributed by atoms with Crippen molar-refractivity contribution in [2.75, 3.05) is 7.11 Å². The molecule has 2 aromatic rings. The average molecular weight is 361 g/mol. The van der Waals surface area contributed by atoms with Crippen molar-refractivity contribution in [2.45, 2.75) is 6.04 Å². The molecule has 0 aliphatic heterocycles. The fourth-order valence-corrected chi connectivity index (χ4v) is 2.95. The maximum atomic E-state index is 6.28. The summed E-state index contributed by atoms with van der Waals surface area (Å²) >= 11 is 15.5. The molecule has 0 aliphatic carbocycles. The Morgan fingerprint density at radius 2 is 1.84 bits per heavy atom. The van der Waals surface area contributed by atoms with Crippen LogP contribution in [0.15, 0.2) is 40.9 Å². The molecule has 0 aromatic heterocycles. The van der Waals surface area contributed by atoms with Gasteiger partial charge in [0.05, 0.1) is 13.2 Å². The van der Waals surface area contributed by atoms with Gasteiger partial charge >= 0.3 is 0 Å². The van der Waals surface area contributed by atoms with Crippen molar-refractivity contribution < 1.29 is 4.74 Å². The normalized spacial score (nSPS) is 12.3. The predicted octanol–water partition coefficient (Wildman–Crippen LogP) is 4.81. The van der Waals surface area contributed by atoms with Crippen LogP contribution in [0.4, 0.5) is 0 Å². The van der Waals surface area contributed by atoms with Crippen LogP contribution < -0.4 is 10.5 Å². The van der Waals surface area contributed by atoms with Crippen LogP contribution >= 0.6 is 39.1 Å². The van der Waals surface area contributed by atoms with Crippen LogP contribution in [0.25, 0.3) is 0 Å². The summed E-state index contributed by atoms with van der Waals surface area (Å²) in [6.07, 6.45) is 0. The van der Waals surface area contributed by atoms with Gasteiger partial charge in [-0.15, -0.1) is 0 Å². The Morgan fingerprint density at radius 3 is 2.47 bits per heavy atom. The van der Waals surface area contributed by atoms with Crippen LogP contribution in [0.1, 0.15) is 17.2 Å². The van der Waals surface area contributed by atoms with Crippen molar-refractivity contribution in [1.29, 1.82) is 0 Å². The minimum Gasteiger partial charge on any atom is -0.496 e. The highest BCUT2D eigenvalue weighted by Crippen LogP contribution is 2.33. The Labute approximate surface area is 130 Å². The standard InChI is InChI=1S/C14H12BrCl2NO/c1-19-13-3-2-10(16)7-12(13)14(18)8-4-9(15)6-11(17)5-8/h2-7,14H,18H2,1H3. The summed E-state index contributed by atoms with van der Waals surface area (Å²) in [6, 6.07) is 10.6. The maximum Gasteiger partial charge on any atom is 0.124 e. The van der Waals surface area contributed by atoms with Gasteiger partial charge in [0.1, 0.15) is 5.75 Å². The Balaban J connectivity index is 2.48. The minimum absolute atomic E-state index is 0.358. The average Bonchev–Trinajstić information content (AvgIpc) is 2.36. The van der Waals surface area contributed by atoms with E-state index in [-0.39, 0.29) is 6.04 Å². The monoisotopic (exact) mass is 359 g/mol. The summed E-state index contributed by atoms with van der Waals surface area (Å²) in [5.74, 6) is 0.702. The van der Waals surface area contributed by atoms with Crippen molar-refractivity contribution in [3.8, 4) is 5.75 Å². The topological polar surface area (TPSA) is 35.2 Å². The van der Waals surface area contributed by atoms with E-state index in [1.54, 1.807) is 25.3 Å². The highest BCUT2D eigenvalue weighted by molar-refractivity contribution is 9.10. The van der Waals surface area contributed by atoms with E-state index in [2.05, 4.69) is 15.9 Å². The van der Waals surface area contributed by atoms with E-state index in [0.717, 1.165) is 15.6 Å². The number of nitrogens with two attached hydrogens (primary N) is 1. The molecule has 0 saturated heterocycles. The number of benzene rings is 2. The first kappa shape index (κ1) is 14.7. The van der Waals surface area contributed by atoms with E-state index in [1.807, 2.05) is 18.2 Å². The van der Waals surface area contributed by atoms with Gasteiger partial charge in [0.2, 0.25) is 0 Å². The lowest BCUT2D eigenvalue weighted by atomic mass is 9.99. The third-order valence-corrected chi connectivity index (χ3v) is 3.68. The summed E-state index contributed by atoms with van der Waals surface area (Å²) in [4.78, 5) is 0. The van der Waals surface area contributed by atoms with Crippen LogP contribution in [0, 0.1) is 0 Å². The van der Waals surface area contributed by atoms with E-state index >= 15 is 0 Å². The SMILES string of the molecule is COc1ccc(Cl)cc1C(N)c1cc(Cl)cc(Br)c1. The molecule has 5 heteroatoms. The lowest BCUT2D eigenvalue weighted by Gasteiger charge is -2.17. The Morgan fingerprint density at radius 1 is 1.11 bits per heavy atom. The zero-order chi connectivity index (χ0) is 14.0. The summed E-state index contributed by atoms with van der Waals surface area (Å²) < 4.78 is 6.20. The van der Waals surface area contributed by atoms with E-state index in [0.29, 0.717) is 15.8 Å². The Bertz CT molecular complexity index is 584. The first-order chi connectivity index (χ1) is 9.01. The van der Waals surface area contributed by atoms with Crippen LogP contribution in [-0.2, 0) is 0 Å². The molecule has 19 heavy (non-hydrogen) atoms. The Hall–Kier alpha value is -0.740. The van der Waals surface area contributed by atoms with Crippen LogP contribution in [0.2, 0.25) is 10.0 Å². The number of rotatable bonds is 3. The molecule has 0 heterocycles.